The Morgan fingerprint density at radius 3 is 2.83 bits per heavy atom. The van der Waals surface area contributed by atoms with Crippen molar-refractivity contribution in [1.29, 1.82) is 0 Å². The molecule has 0 saturated carbocycles. The number of anilines is 1. The first-order valence-corrected chi connectivity index (χ1v) is 9.26. The Morgan fingerprint density at radius 1 is 1.46 bits per heavy atom. The van der Waals surface area contributed by atoms with Gasteiger partial charge in [0, 0.05) is 12.6 Å². The lowest BCUT2D eigenvalue weighted by molar-refractivity contribution is -0.115. The molecule has 1 unspecified atom stereocenters. The van der Waals surface area contributed by atoms with Crippen molar-refractivity contribution >= 4 is 21.6 Å². The smallest absolute Gasteiger partial charge is 0.243 e. The second-order valence-corrected chi connectivity index (χ2v) is 7.75. The summed E-state index contributed by atoms with van der Waals surface area (Å²) in [6.45, 7) is 5.53. The van der Waals surface area contributed by atoms with Crippen LogP contribution in [0.5, 0.6) is 0 Å². The van der Waals surface area contributed by atoms with Crippen molar-refractivity contribution in [2.24, 2.45) is 0 Å². The van der Waals surface area contributed by atoms with E-state index in [1.165, 1.54) is 17.7 Å². The first-order chi connectivity index (χ1) is 11.3. The van der Waals surface area contributed by atoms with E-state index in [0.29, 0.717) is 12.3 Å². The van der Waals surface area contributed by atoms with E-state index in [1.54, 1.807) is 6.92 Å². The lowest BCUT2D eigenvalue weighted by Crippen LogP contribution is -2.34. The van der Waals surface area contributed by atoms with E-state index in [0.717, 1.165) is 12.8 Å². The number of hydrogen-bond donors (Lipinski definition) is 1. The molecule has 1 atom stereocenters. The highest BCUT2D eigenvalue weighted by Crippen LogP contribution is 2.13. The number of nitrogens with zero attached hydrogens (tertiary/aromatic N) is 5. The average molecular weight is 356 g/mol. The van der Waals surface area contributed by atoms with Crippen LogP contribution >= 0.6 is 0 Å². The molecule has 0 radical (unpaired) electrons. The molecule has 132 valence electrons. The lowest BCUT2D eigenvalue weighted by atomic mass is 10.3. The quantitative estimate of drug-likeness (QED) is 0.731. The average Bonchev–Trinajstić information content (AvgIpc) is 3.13. The first-order valence-electron chi connectivity index (χ1n) is 7.54. The molecular formula is C13H20N6O4S. The van der Waals surface area contributed by atoms with Gasteiger partial charge in [0.2, 0.25) is 5.91 Å². The second kappa shape index (κ2) is 7.51. The summed E-state index contributed by atoms with van der Waals surface area (Å²) in [5, 5.41) is 15.8. The van der Waals surface area contributed by atoms with Gasteiger partial charge in [-0.25, -0.2) is 13.1 Å². The molecule has 24 heavy (non-hydrogen) atoms. The van der Waals surface area contributed by atoms with Crippen LogP contribution < -0.4 is 5.32 Å². The van der Waals surface area contributed by atoms with Gasteiger partial charge in [0.05, 0.1) is 0 Å². The molecule has 0 spiro atoms. The molecule has 0 aliphatic carbocycles. The van der Waals surface area contributed by atoms with Crippen LogP contribution in [0, 0.1) is 6.92 Å². The third kappa shape index (κ3) is 4.37. The first kappa shape index (κ1) is 18.0. The third-order valence-electron chi connectivity index (χ3n) is 3.45. The molecular weight excluding hydrogens is 336 g/mol. The minimum atomic E-state index is -3.78. The van der Waals surface area contributed by atoms with Crippen LogP contribution in [0.25, 0.3) is 0 Å². The highest BCUT2D eigenvalue weighted by molar-refractivity contribution is 7.92. The van der Waals surface area contributed by atoms with E-state index in [1.807, 2.05) is 6.92 Å². The maximum absolute atomic E-state index is 12.4. The Labute approximate surface area is 139 Å². The normalized spacial score (nSPS) is 13.0. The standard InChI is InChI=1S/C13H20N6O4S/c1-4-5-6-19-12(15-17-18-19)8-24(21,22)10(3)13(20)14-11-7-9(2)23-16-11/h7,10H,4-6,8H2,1-3H3,(H,14,16,20). The van der Waals surface area contributed by atoms with Crippen LogP contribution in [0.2, 0.25) is 0 Å². The number of tetrazole rings is 1. The monoisotopic (exact) mass is 356 g/mol. The maximum atomic E-state index is 12.4. The fourth-order valence-electron chi connectivity index (χ4n) is 1.93. The number of rotatable bonds is 8. The molecule has 1 N–H and O–H groups in total. The number of aromatic nitrogens is 5. The van der Waals surface area contributed by atoms with Gasteiger partial charge in [0.1, 0.15) is 16.8 Å². The molecule has 11 heteroatoms. The summed E-state index contributed by atoms with van der Waals surface area (Å²) in [6.07, 6.45) is 1.77. The Kier molecular flexibility index (Phi) is 5.65. The fraction of sp³-hybridized carbons (Fsp3) is 0.615. The van der Waals surface area contributed by atoms with Gasteiger partial charge in [-0.2, -0.15) is 0 Å². The molecule has 2 aromatic rings. The van der Waals surface area contributed by atoms with Crippen molar-refractivity contribution in [2.75, 3.05) is 5.32 Å². The number of carbonyl (C=O) groups is 1. The van der Waals surface area contributed by atoms with Crippen molar-refractivity contribution in [3.05, 3.63) is 17.7 Å². The molecule has 0 saturated heterocycles. The highest BCUT2D eigenvalue weighted by atomic mass is 32.2. The molecule has 1 amide bonds. The number of sulfone groups is 1. The van der Waals surface area contributed by atoms with Crippen molar-refractivity contribution in [2.45, 2.75) is 51.2 Å². The summed E-state index contributed by atoms with van der Waals surface area (Å²) in [6, 6.07) is 1.50. The fourth-order valence-corrected chi connectivity index (χ4v) is 3.13. The number of nitrogens with one attached hydrogen (secondary N) is 1. The molecule has 2 heterocycles. The van der Waals surface area contributed by atoms with Gasteiger partial charge in [-0.15, -0.1) is 5.10 Å². The van der Waals surface area contributed by atoms with Crippen LogP contribution in [0.3, 0.4) is 0 Å². The Hall–Kier alpha value is -2.30. The third-order valence-corrected chi connectivity index (χ3v) is 5.40. The summed E-state index contributed by atoms with van der Waals surface area (Å²) in [5.41, 5.74) is 0. The summed E-state index contributed by atoms with van der Waals surface area (Å²) in [4.78, 5) is 12.1. The summed E-state index contributed by atoms with van der Waals surface area (Å²) in [7, 11) is -3.78. The lowest BCUT2D eigenvalue weighted by Gasteiger charge is -2.12. The van der Waals surface area contributed by atoms with Gasteiger partial charge in [0.15, 0.2) is 21.5 Å². The summed E-state index contributed by atoms with van der Waals surface area (Å²) < 4.78 is 31.2. The van der Waals surface area contributed by atoms with E-state index in [2.05, 4.69) is 26.0 Å². The summed E-state index contributed by atoms with van der Waals surface area (Å²) >= 11 is 0. The molecule has 10 nitrogen and oxygen atoms in total. The minimum Gasteiger partial charge on any atom is -0.360 e. The van der Waals surface area contributed by atoms with Crippen molar-refractivity contribution < 1.29 is 17.7 Å². The molecule has 2 rings (SSSR count). The Bertz CT molecular complexity index is 797. The number of aryl methyl sites for hydroxylation is 2. The predicted molar refractivity (Wildman–Crippen MR) is 84.7 cm³/mol. The number of carbonyl (C=O) groups excluding carboxylic acids is 1. The van der Waals surface area contributed by atoms with Gasteiger partial charge >= 0.3 is 0 Å². The van der Waals surface area contributed by atoms with E-state index in [9.17, 15) is 13.2 Å². The molecule has 0 fully saturated rings. The van der Waals surface area contributed by atoms with Crippen LogP contribution in [-0.2, 0) is 26.9 Å². The van der Waals surface area contributed by atoms with Gasteiger partial charge < -0.3 is 9.84 Å². The number of hydrogen-bond acceptors (Lipinski definition) is 8. The van der Waals surface area contributed by atoms with Crippen LogP contribution in [0.4, 0.5) is 5.82 Å². The molecule has 0 aliphatic heterocycles. The van der Waals surface area contributed by atoms with Crippen LogP contribution in [0.15, 0.2) is 10.6 Å². The van der Waals surface area contributed by atoms with E-state index < -0.39 is 26.7 Å². The van der Waals surface area contributed by atoms with Crippen molar-refractivity contribution in [3.63, 3.8) is 0 Å². The zero-order chi connectivity index (χ0) is 17.7. The van der Waals surface area contributed by atoms with Gasteiger partial charge in [-0.1, -0.05) is 18.5 Å². The van der Waals surface area contributed by atoms with E-state index >= 15 is 0 Å². The van der Waals surface area contributed by atoms with Crippen molar-refractivity contribution in [3.8, 4) is 0 Å². The van der Waals surface area contributed by atoms with Crippen LogP contribution in [-0.4, -0.2) is 44.9 Å². The number of unbranched alkanes of at least 4 members (excludes halogenated alkanes) is 1. The van der Waals surface area contributed by atoms with Gasteiger partial charge in [-0.3, -0.25) is 4.79 Å². The molecule has 0 aromatic carbocycles. The topological polar surface area (TPSA) is 133 Å². The second-order valence-electron chi connectivity index (χ2n) is 5.43. The molecule has 2 aromatic heterocycles. The maximum Gasteiger partial charge on any atom is 0.243 e. The minimum absolute atomic E-state index is 0.173. The summed E-state index contributed by atoms with van der Waals surface area (Å²) in [5.74, 6) is -0.185. The largest absolute Gasteiger partial charge is 0.360 e. The zero-order valence-corrected chi connectivity index (χ0v) is 14.6. The Morgan fingerprint density at radius 2 is 2.21 bits per heavy atom. The molecule has 0 bridgehead atoms. The predicted octanol–water partition coefficient (Wildman–Crippen LogP) is 0.712. The van der Waals surface area contributed by atoms with Crippen LogP contribution in [0.1, 0.15) is 38.3 Å². The number of amides is 1. The van der Waals surface area contributed by atoms with Gasteiger partial charge in [-0.05, 0) is 30.7 Å². The SMILES string of the molecule is CCCCn1nnnc1CS(=O)(=O)C(C)C(=O)Nc1cc(C)on1. The van der Waals surface area contributed by atoms with E-state index in [4.69, 9.17) is 4.52 Å². The van der Waals surface area contributed by atoms with Crippen molar-refractivity contribution in [1.82, 2.24) is 25.4 Å². The highest BCUT2D eigenvalue weighted by Gasteiger charge is 2.30. The Balaban J connectivity index is 2.06. The molecule has 0 aliphatic rings. The zero-order valence-electron chi connectivity index (χ0n) is 13.8. The van der Waals surface area contributed by atoms with Gasteiger partial charge in [0.25, 0.3) is 0 Å². The van der Waals surface area contributed by atoms with E-state index in [-0.39, 0.29) is 11.6 Å².